The summed E-state index contributed by atoms with van der Waals surface area (Å²) in [6.07, 6.45) is 3.51. The molecular formula is C16H16ClN3O2S. The largest absolute Gasteiger partial charge is 0.355 e. The molecule has 5 nitrogen and oxygen atoms in total. The molecule has 7 heteroatoms. The fraction of sp³-hybridized carbons (Fsp3) is 0.312. The molecule has 3 rings (SSSR count). The third-order valence-electron chi connectivity index (χ3n) is 3.71. The van der Waals surface area contributed by atoms with Crippen LogP contribution in [0, 0.1) is 5.92 Å². The lowest BCUT2D eigenvalue weighted by Gasteiger charge is -2.20. The number of carbonyl (C=O) groups excluding carboxylic acids is 2. The van der Waals surface area contributed by atoms with Gasteiger partial charge in [0.2, 0.25) is 11.8 Å². The summed E-state index contributed by atoms with van der Waals surface area (Å²) in [5, 5.41) is 6.86. The predicted octanol–water partition coefficient (Wildman–Crippen LogP) is 2.85. The van der Waals surface area contributed by atoms with Crippen LogP contribution in [-0.2, 0) is 16.0 Å². The molecule has 1 aromatic carbocycles. The van der Waals surface area contributed by atoms with Crippen molar-refractivity contribution < 1.29 is 9.59 Å². The highest BCUT2D eigenvalue weighted by molar-refractivity contribution is 7.15. The molecule has 2 amide bonds. The molecule has 1 saturated heterocycles. The van der Waals surface area contributed by atoms with Gasteiger partial charge < -0.3 is 10.6 Å². The van der Waals surface area contributed by atoms with E-state index in [1.165, 1.54) is 11.3 Å². The number of anilines is 1. The van der Waals surface area contributed by atoms with E-state index in [-0.39, 0.29) is 17.7 Å². The minimum absolute atomic E-state index is 0.00792. The van der Waals surface area contributed by atoms with Crippen molar-refractivity contribution in [1.29, 1.82) is 0 Å². The Kier molecular flexibility index (Phi) is 4.93. The number of thiazole rings is 1. The fourth-order valence-corrected chi connectivity index (χ4v) is 3.39. The molecule has 2 N–H and O–H groups in total. The van der Waals surface area contributed by atoms with Gasteiger partial charge in [-0.15, -0.1) is 11.3 Å². The Balaban J connectivity index is 1.57. The third kappa shape index (κ3) is 4.30. The second-order valence-corrected chi connectivity index (χ2v) is 7.02. The molecule has 0 radical (unpaired) electrons. The first-order valence-electron chi connectivity index (χ1n) is 7.37. The zero-order valence-electron chi connectivity index (χ0n) is 12.3. The lowest BCUT2D eigenvalue weighted by molar-refractivity contribution is -0.126. The van der Waals surface area contributed by atoms with Gasteiger partial charge in [0, 0.05) is 35.5 Å². The molecule has 2 aromatic rings. The molecule has 0 spiro atoms. The summed E-state index contributed by atoms with van der Waals surface area (Å²) in [5.74, 6) is -0.262. The van der Waals surface area contributed by atoms with E-state index >= 15 is 0 Å². The first-order valence-corrected chi connectivity index (χ1v) is 8.56. The second kappa shape index (κ2) is 7.10. The van der Waals surface area contributed by atoms with E-state index < -0.39 is 0 Å². The van der Waals surface area contributed by atoms with Gasteiger partial charge in [0.05, 0.1) is 5.92 Å². The van der Waals surface area contributed by atoms with Gasteiger partial charge >= 0.3 is 0 Å². The SMILES string of the molecule is O=C1CC[C@H](C(=O)Nc2ncc(Cc3ccc(Cl)cc3)s2)CN1. The van der Waals surface area contributed by atoms with Crippen LogP contribution in [0.5, 0.6) is 0 Å². The number of piperidine rings is 1. The summed E-state index contributed by atoms with van der Waals surface area (Å²) in [5.41, 5.74) is 1.14. The van der Waals surface area contributed by atoms with Gasteiger partial charge in [0.25, 0.3) is 0 Å². The van der Waals surface area contributed by atoms with E-state index in [0.717, 1.165) is 16.9 Å². The van der Waals surface area contributed by atoms with Gasteiger partial charge in [-0.25, -0.2) is 4.98 Å². The van der Waals surface area contributed by atoms with E-state index in [4.69, 9.17) is 11.6 Å². The molecule has 120 valence electrons. The number of rotatable bonds is 4. The Morgan fingerprint density at radius 3 is 2.87 bits per heavy atom. The van der Waals surface area contributed by atoms with Crippen molar-refractivity contribution in [2.75, 3.05) is 11.9 Å². The van der Waals surface area contributed by atoms with Crippen LogP contribution < -0.4 is 10.6 Å². The normalized spacial score (nSPS) is 17.6. The molecule has 1 fully saturated rings. The van der Waals surface area contributed by atoms with E-state index in [0.29, 0.717) is 29.5 Å². The quantitative estimate of drug-likeness (QED) is 0.891. The van der Waals surface area contributed by atoms with Gasteiger partial charge in [-0.2, -0.15) is 0 Å². The molecule has 0 unspecified atom stereocenters. The number of hydrogen-bond acceptors (Lipinski definition) is 4. The van der Waals surface area contributed by atoms with Gasteiger partial charge in [-0.3, -0.25) is 9.59 Å². The van der Waals surface area contributed by atoms with Crippen molar-refractivity contribution in [2.24, 2.45) is 5.92 Å². The third-order valence-corrected chi connectivity index (χ3v) is 4.88. The van der Waals surface area contributed by atoms with Crippen molar-refractivity contribution in [2.45, 2.75) is 19.3 Å². The lowest BCUT2D eigenvalue weighted by atomic mass is 9.98. The number of carbonyl (C=O) groups is 2. The first kappa shape index (κ1) is 16.0. The maximum atomic E-state index is 12.2. The molecule has 1 aliphatic rings. The average molecular weight is 350 g/mol. The summed E-state index contributed by atoms with van der Waals surface area (Å²) in [6, 6.07) is 7.67. The van der Waals surface area contributed by atoms with Gasteiger partial charge in [-0.1, -0.05) is 23.7 Å². The van der Waals surface area contributed by atoms with Crippen molar-refractivity contribution >= 4 is 39.9 Å². The monoisotopic (exact) mass is 349 g/mol. The molecule has 1 atom stereocenters. The van der Waals surface area contributed by atoms with Crippen LogP contribution in [-0.4, -0.2) is 23.3 Å². The zero-order valence-corrected chi connectivity index (χ0v) is 13.9. The molecule has 1 aliphatic heterocycles. The van der Waals surface area contributed by atoms with Gasteiger partial charge in [0.15, 0.2) is 5.13 Å². The Hall–Kier alpha value is -1.92. The van der Waals surface area contributed by atoms with Crippen LogP contribution in [0.15, 0.2) is 30.5 Å². The van der Waals surface area contributed by atoms with E-state index in [2.05, 4.69) is 15.6 Å². The summed E-state index contributed by atoms with van der Waals surface area (Å²) < 4.78 is 0. The van der Waals surface area contributed by atoms with E-state index in [1.54, 1.807) is 6.20 Å². The molecule has 0 saturated carbocycles. The van der Waals surface area contributed by atoms with Crippen molar-refractivity contribution in [3.8, 4) is 0 Å². The van der Waals surface area contributed by atoms with Crippen LogP contribution in [0.3, 0.4) is 0 Å². The number of aromatic nitrogens is 1. The minimum Gasteiger partial charge on any atom is -0.355 e. The molecular weight excluding hydrogens is 334 g/mol. The number of amides is 2. The topological polar surface area (TPSA) is 71.1 Å². The highest BCUT2D eigenvalue weighted by atomic mass is 35.5. The molecule has 1 aromatic heterocycles. The average Bonchev–Trinajstić information content (AvgIpc) is 2.97. The van der Waals surface area contributed by atoms with Gasteiger partial charge in [0.1, 0.15) is 0 Å². The minimum atomic E-state index is -0.184. The first-order chi connectivity index (χ1) is 11.1. The van der Waals surface area contributed by atoms with Crippen LogP contribution in [0.2, 0.25) is 5.02 Å². The smallest absolute Gasteiger partial charge is 0.231 e. The highest BCUT2D eigenvalue weighted by Gasteiger charge is 2.24. The number of benzene rings is 1. The van der Waals surface area contributed by atoms with Crippen LogP contribution in [0.1, 0.15) is 23.3 Å². The number of nitrogens with zero attached hydrogens (tertiary/aromatic N) is 1. The summed E-state index contributed by atoms with van der Waals surface area (Å²) in [4.78, 5) is 28.6. The lowest BCUT2D eigenvalue weighted by Crippen LogP contribution is -2.40. The van der Waals surface area contributed by atoms with Crippen molar-refractivity contribution in [3.63, 3.8) is 0 Å². The van der Waals surface area contributed by atoms with Gasteiger partial charge in [-0.05, 0) is 24.1 Å². The Morgan fingerprint density at radius 1 is 1.39 bits per heavy atom. The summed E-state index contributed by atoms with van der Waals surface area (Å²) in [7, 11) is 0. The molecule has 0 bridgehead atoms. The molecule has 0 aliphatic carbocycles. The Morgan fingerprint density at radius 2 is 2.17 bits per heavy atom. The van der Waals surface area contributed by atoms with Crippen LogP contribution in [0.25, 0.3) is 0 Å². The second-order valence-electron chi connectivity index (χ2n) is 5.46. The van der Waals surface area contributed by atoms with Crippen LogP contribution >= 0.6 is 22.9 Å². The number of hydrogen-bond donors (Lipinski definition) is 2. The maximum absolute atomic E-state index is 12.2. The van der Waals surface area contributed by atoms with Crippen LogP contribution in [0.4, 0.5) is 5.13 Å². The van der Waals surface area contributed by atoms with E-state index in [9.17, 15) is 9.59 Å². The Bertz CT molecular complexity index is 704. The van der Waals surface area contributed by atoms with E-state index in [1.807, 2.05) is 24.3 Å². The standard InChI is InChI=1S/C16H16ClN3O2S/c17-12-4-1-10(2-5-12)7-13-9-19-16(23-13)20-15(22)11-3-6-14(21)18-8-11/h1-2,4-5,9,11H,3,6-8H2,(H,18,21)(H,19,20,22)/t11-/m0/s1. The Labute approximate surface area is 143 Å². The maximum Gasteiger partial charge on any atom is 0.231 e. The highest BCUT2D eigenvalue weighted by Crippen LogP contribution is 2.23. The predicted molar refractivity (Wildman–Crippen MR) is 90.7 cm³/mol. The number of halogens is 1. The van der Waals surface area contributed by atoms with Crippen molar-refractivity contribution in [3.05, 3.63) is 45.9 Å². The fourth-order valence-electron chi connectivity index (χ4n) is 2.41. The molecule has 23 heavy (non-hydrogen) atoms. The summed E-state index contributed by atoms with van der Waals surface area (Å²) >= 11 is 7.34. The summed E-state index contributed by atoms with van der Waals surface area (Å²) in [6.45, 7) is 0.397. The zero-order chi connectivity index (χ0) is 16.2. The van der Waals surface area contributed by atoms with Crippen molar-refractivity contribution in [1.82, 2.24) is 10.3 Å². The number of nitrogens with one attached hydrogen (secondary N) is 2. The molecule has 2 heterocycles.